The van der Waals surface area contributed by atoms with Crippen molar-refractivity contribution in [1.82, 2.24) is 0 Å². The van der Waals surface area contributed by atoms with E-state index in [0.717, 1.165) is 0 Å². The van der Waals surface area contributed by atoms with E-state index < -0.39 is 35.1 Å². The maximum absolute atomic E-state index is 13.3. The summed E-state index contributed by atoms with van der Waals surface area (Å²) in [5, 5.41) is 2.12. The van der Waals surface area contributed by atoms with Crippen LogP contribution in [-0.4, -0.2) is 25.7 Å². The molecule has 4 nitrogen and oxygen atoms in total. The van der Waals surface area contributed by atoms with Gasteiger partial charge >= 0.3 is 0 Å². The Bertz CT molecular complexity index is 455. The highest BCUT2D eigenvalue weighted by Gasteiger charge is 2.17. The largest absolute Gasteiger partial charge is 0.385 e. The van der Waals surface area contributed by atoms with E-state index in [4.69, 9.17) is 10.5 Å². The number of nitrogens with one attached hydrogen (secondary N) is 1. The number of anilines is 1. The maximum Gasteiger partial charge on any atom is 0.241 e. The SMILES string of the molecule is COCCCC(N)C(=O)Nc1cc(F)c(F)cc1F. The number of ether oxygens (including phenoxy) is 1. The Balaban J connectivity index is 2.64. The van der Waals surface area contributed by atoms with Gasteiger partial charge in [0, 0.05) is 25.8 Å². The molecule has 3 N–H and O–H groups in total. The zero-order valence-electron chi connectivity index (χ0n) is 10.4. The molecule has 0 spiro atoms. The summed E-state index contributed by atoms with van der Waals surface area (Å²) < 4.78 is 43.7. The number of nitrogens with two attached hydrogens (primary N) is 1. The Kier molecular flexibility index (Phi) is 5.78. The van der Waals surface area contributed by atoms with Crippen LogP contribution in [0.25, 0.3) is 0 Å². The van der Waals surface area contributed by atoms with Crippen molar-refractivity contribution >= 4 is 11.6 Å². The van der Waals surface area contributed by atoms with Gasteiger partial charge in [-0.3, -0.25) is 4.79 Å². The minimum absolute atomic E-state index is 0.338. The van der Waals surface area contributed by atoms with Crippen molar-refractivity contribution < 1.29 is 22.7 Å². The van der Waals surface area contributed by atoms with Gasteiger partial charge in [-0.1, -0.05) is 0 Å². The number of benzene rings is 1. The van der Waals surface area contributed by atoms with Gasteiger partial charge in [-0.05, 0) is 12.8 Å². The molecule has 0 aliphatic rings. The molecule has 0 aliphatic carbocycles. The first kappa shape index (κ1) is 15.5. The summed E-state index contributed by atoms with van der Waals surface area (Å²) in [6.45, 7) is 0.445. The first-order valence-corrected chi connectivity index (χ1v) is 5.65. The number of hydrogen-bond donors (Lipinski definition) is 2. The summed E-state index contributed by atoms with van der Waals surface area (Å²) >= 11 is 0. The molecule has 1 atom stereocenters. The van der Waals surface area contributed by atoms with Crippen LogP contribution in [0.15, 0.2) is 12.1 Å². The van der Waals surface area contributed by atoms with E-state index in [2.05, 4.69) is 5.32 Å². The second-order valence-corrected chi connectivity index (χ2v) is 3.98. The van der Waals surface area contributed by atoms with E-state index in [1.54, 1.807) is 0 Å². The normalized spacial score (nSPS) is 12.3. The van der Waals surface area contributed by atoms with Gasteiger partial charge in [0.2, 0.25) is 5.91 Å². The highest BCUT2D eigenvalue weighted by Crippen LogP contribution is 2.18. The lowest BCUT2D eigenvalue weighted by molar-refractivity contribution is -0.117. The second kappa shape index (κ2) is 7.10. The van der Waals surface area contributed by atoms with Crippen LogP contribution in [0.2, 0.25) is 0 Å². The van der Waals surface area contributed by atoms with Gasteiger partial charge in [-0.2, -0.15) is 0 Å². The first-order valence-electron chi connectivity index (χ1n) is 5.65. The van der Waals surface area contributed by atoms with Crippen molar-refractivity contribution in [3.05, 3.63) is 29.6 Å². The Morgan fingerprint density at radius 3 is 2.58 bits per heavy atom. The van der Waals surface area contributed by atoms with Crippen LogP contribution < -0.4 is 11.1 Å². The molecule has 1 unspecified atom stereocenters. The molecule has 0 aliphatic heterocycles. The predicted octanol–water partition coefficient (Wildman–Crippen LogP) is 1.80. The summed E-state index contributed by atoms with van der Waals surface area (Å²) in [7, 11) is 1.52. The summed E-state index contributed by atoms with van der Waals surface area (Å²) in [6, 6.07) is 0.0638. The molecular formula is C12H15F3N2O2. The standard InChI is InChI=1S/C12H15F3N2O2/c1-19-4-2-3-10(16)12(18)17-11-6-8(14)7(13)5-9(11)15/h5-6,10H,2-4,16H2,1H3,(H,17,18). The Hall–Kier alpha value is -1.60. The number of carbonyl (C=O) groups excluding carboxylic acids is 1. The van der Waals surface area contributed by atoms with Crippen LogP contribution in [-0.2, 0) is 9.53 Å². The van der Waals surface area contributed by atoms with Gasteiger partial charge in [0.15, 0.2) is 11.6 Å². The summed E-state index contributed by atoms with van der Waals surface area (Å²) in [4.78, 5) is 11.6. The Labute approximate surface area is 108 Å². The van der Waals surface area contributed by atoms with E-state index in [0.29, 0.717) is 31.6 Å². The molecule has 0 radical (unpaired) electrons. The first-order chi connectivity index (χ1) is 8.95. The third kappa shape index (κ3) is 4.53. The minimum Gasteiger partial charge on any atom is -0.385 e. The third-order valence-electron chi connectivity index (χ3n) is 2.47. The zero-order valence-corrected chi connectivity index (χ0v) is 10.4. The molecule has 0 saturated heterocycles. The number of halogens is 3. The lowest BCUT2D eigenvalue weighted by atomic mass is 10.1. The highest BCUT2D eigenvalue weighted by molar-refractivity contribution is 5.94. The lowest BCUT2D eigenvalue weighted by Crippen LogP contribution is -2.36. The number of hydrogen-bond acceptors (Lipinski definition) is 3. The van der Waals surface area contributed by atoms with Crippen molar-refractivity contribution in [2.75, 3.05) is 19.0 Å². The number of methoxy groups -OCH3 is 1. The summed E-state index contributed by atoms with van der Waals surface area (Å²) in [6.07, 6.45) is 0.899. The van der Waals surface area contributed by atoms with Crippen LogP contribution in [0, 0.1) is 17.5 Å². The maximum atomic E-state index is 13.3. The summed E-state index contributed by atoms with van der Waals surface area (Å²) in [5.41, 5.74) is 5.13. The number of amides is 1. The van der Waals surface area contributed by atoms with E-state index in [-0.39, 0.29) is 0 Å². The third-order valence-corrected chi connectivity index (χ3v) is 2.47. The molecule has 1 rings (SSSR count). The molecular weight excluding hydrogens is 261 g/mol. The van der Waals surface area contributed by atoms with Gasteiger partial charge in [0.1, 0.15) is 5.82 Å². The van der Waals surface area contributed by atoms with Crippen LogP contribution in [0.5, 0.6) is 0 Å². The quantitative estimate of drug-likeness (QED) is 0.615. The van der Waals surface area contributed by atoms with Gasteiger partial charge in [0.05, 0.1) is 11.7 Å². The number of rotatable bonds is 6. The van der Waals surface area contributed by atoms with Crippen molar-refractivity contribution in [3.63, 3.8) is 0 Å². The Morgan fingerprint density at radius 1 is 1.32 bits per heavy atom. The van der Waals surface area contributed by atoms with Crippen LogP contribution in [0.3, 0.4) is 0 Å². The molecule has 1 aromatic rings. The van der Waals surface area contributed by atoms with Gasteiger partial charge < -0.3 is 15.8 Å². The molecule has 0 fully saturated rings. The highest BCUT2D eigenvalue weighted by atomic mass is 19.2. The molecule has 0 heterocycles. The van der Waals surface area contributed by atoms with E-state index in [1.807, 2.05) is 0 Å². The Morgan fingerprint density at radius 2 is 1.95 bits per heavy atom. The molecule has 106 valence electrons. The van der Waals surface area contributed by atoms with Crippen LogP contribution in [0.1, 0.15) is 12.8 Å². The fourth-order valence-corrected chi connectivity index (χ4v) is 1.42. The van der Waals surface area contributed by atoms with Crippen molar-refractivity contribution in [2.24, 2.45) is 5.73 Å². The molecule has 19 heavy (non-hydrogen) atoms. The van der Waals surface area contributed by atoms with Crippen LogP contribution in [0.4, 0.5) is 18.9 Å². The minimum atomic E-state index is -1.32. The van der Waals surface area contributed by atoms with Crippen molar-refractivity contribution in [1.29, 1.82) is 0 Å². The molecule has 1 aromatic carbocycles. The van der Waals surface area contributed by atoms with Crippen molar-refractivity contribution in [2.45, 2.75) is 18.9 Å². The average molecular weight is 276 g/mol. The van der Waals surface area contributed by atoms with E-state index in [9.17, 15) is 18.0 Å². The van der Waals surface area contributed by atoms with Gasteiger partial charge in [-0.15, -0.1) is 0 Å². The molecule has 0 aromatic heterocycles. The molecule has 1 amide bonds. The molecule has 0 saturated carbocycles. The monoisotopic (exact) mass is 276 g/mol. The predicted molar refractivity (Wildman–Crippen MR) is 64.0 cm³/mol. The van der Waals surface area contributed by atoms with E-state index >= 15 is 0 Å². The second-order valence-electron chi connectivity index (χ2n) is 3.98. The van der Waals surface area contributed by atoms with Gasteiger partial charge in [0.25, 0.3) is 0 Å². The average Bonchev–Trinajstić information content (AvgIpc) is 2.36. The lowest BCUT2D eigenvalue weighted by Gasteiger charge is -2.12. The van der Waals surface area contributed by atoms with Crippen LogP contribution >= 0.6 is 0 Å². The van der Waals surface area contributed by atoms with E-state index in [1.165, 1.54) is 7.11 Å². The smallest absolute Gasteiger partial charge is 0.241 e. The topological polar surface area (TPSA) is 64.3 Å². The fourth-order valence-electron chi connectivity index (χ4n) is 1.42. The number of carbonyl (C=O) groups is 1. The summed E-state index contributed by atoms with van der Waals surface area (Å²) in [5.74, 6) is -4.29. The fraction of sp³-hybridized carbons (Fsp3) is 0.417. The zero-order chi connectivity index (χ0) is 14.4. The molecule has 7 heteroatoms. The molecule has 0 bridgehead atoms. The van der Waals surface area contributed by atoms with Crippen molar-refractivity contribution in [3.8, 4) is 0 Å². The van der Waals surface area contributed by atoms with Gasteiger partial charge in [-0.25, -0.2) is 13.2 Å².